The van der Waals surface area contributed by atoms with Crippen molar-refractivity contribution in [3.8, 4) is 0 Å². The molecule has 144 valence electrons. The molecule has 2 heterocycles. The molecule has 0 aromatic heterocycles. The molecule has 2 aliphatic rings. The molecule has 0 saturated carbocycles. The van der Waals surface area contributed by atoms with Gasteiger partial charge in [0.1, 0.15) is 6.04 Å². The molecule has 2 unspecified atom stereocenters. The van der Waals surface area contributed by atoms with E-state index in [2.05, 4.69) is 17.6 Å². The van der Waals surface area contributed by atoms with Gasteiger partial charge >= 0.3 is 0 Å². The predicted octanol–water partition coefficient (Wildman–Crippen LogP) is 2.99. The standard InChI is InChI=1S/C20H37N3O2/c1-2-3-4-5-6-7-8-9-10-11-14-22-19(24)18-13-16-23(18)20(25)17-12-15-21-17/h17-18,21H,2-16H2,1H3,(H,22,24). The molecule has 0 aromatic carbocycles. The highest BCUT2D eigenvalue weighted by atomic mass is 16.2. The molecule has 0 aliphatic carbocycles. The molecular formula is C20H37N3O2. The molecule has 5 nitrogen and oxygen atoms in total. The van der Waals surface area contributed by atoms with Crippen LogP contribution in [0, 0.1) is 0 Å². The van der Waals surface area contributed by atoms with Crippen LogP contribution in [0.5, 0.6) is 0 Å². The van der Waals surface area contributed by atoms with Crippen molar-refractivity contribution in [1.82, 2.24) is 15.5 Å². The van der Waals surface area contributed by atoms with Crippen LogP contribution in [0.4, 0.5) is 0 Å². The molecule has 0 aromatic rings. The van der Waals surface area contributed by atoms with Crippen molar-refractivity contribution >= 4 is 11.8 Å². The Labute approximate surface area is 153 Å². The average Bonchev–Trinajstić information content (AvgIpc) is 2.49. The maximum atomic E-state index is 12.2. The Morgan fingerprint density at radius 2 is 1.56 bits per heavy atom. The monoisotopic (exact) mass is 351 g/mol. The molecular weight excluding hydrogens is 314 g/mol. The summed E-state index contributed by atoms with van der Waals surface area (Å²) in [6.07, 6.45) is 14.7. The number of nitrogens with zero attached hydrogens (tertiary/aromatic N) is 1. The minimum atomic E-state index is -0.224. The molecule has 0 bridgehead atoms. The second-order valence-electron chi connectivity index (χ2n) is 7.60. The molecule has 2 saturated heterocycles. The van der Waals surface area contributed by atoms with Gasteiger partial charge < -0.3 is 15.5 Å². The Morgan fingerprint density at radius 3 is 2.04 bits per heavy atom. The average molecular weight is 352 g/mol. The van der Waals surface area contributed by atoms with Crippen LogP contribution in [-0.4, -0.2) is 48.4 Å². The highest BCUT2D eigenvalue weighted by molar-refractivity contribution is 5.91. The zero-order valence-corrected chi connectivity index (χ0v) is 16.0. The maximum Gasteiger partial charge on any atom is 0.242 e. The third-order valence-corrected chi connectivity index (χ3v) is 5.56. The Bertz CT molecular complexity index is 410. The van der Waals surface area contributed by atoms with E-state index in [1.54, 1.807) is 4.90 Å². The fraction of sp³-hybridized carbons (Fsp3) is 0.900. The Morgan fingerprint density at radius 1 is 0.960 bits per heavy atom. The van der Waals surface area contributed by atoms with E-state index < -0.39 is 0 Å². The number of hydrogen-bond acceptors (Lipinski definition) is 3. The number of rotatable bonds is 13. The first-order valence-electron chi connectivity index (χ1n) is 10.6. The summed E-state index contributed by atoms with van der Waals surface area (Å²) in [6.45, 7) is 4.65. The predicted molar refractivity (Wildman–Crippen MR) is 101 cm³/mol. The van der Waals surface area contributed by atoms with Gasteiger partial charge in [0, 0.05) is 13.1 Å². The Hall–Kier alpha value is -1.10. The second-order valence-corrected chi connectivity index (χ2v) is 7.60. The van der Waals surface area contributed by atoms with Gasteiger partial charge in [0.15, 0.2) is 0 Å². The summed E-state index contributed by atoms with van der Waals surface area (Å²) in [5.74, 6) is 0.145. The number of unbranched alkanes of at least 4 members (excludes halogenated alkanes) is 9. The van der Waals surface area contributed by atoms with Crippen molar-refractivity contribution in [3.05, 3.63) is 0 Å². The van der Waals surface area contributed by atoms with E-state index in [-0.39, 0.29) is 23.9 Å². The van der Waals surface area contributed by atoms with E-state index in [1.165, 1.54) is 57.8 Å². The maximum absolute atomic E-state index is 12.2. The highest BCUT2D eigenvalue weighted by Gasteiger charge is 2.41. The summed E-state index contributed by atoms with van der Waals surface area (Å²) in [5.41, 5.74) is 0. The summed E-state index contributed by atoms with van der Waals surface area (Å²) in [4.78, 5) is 26.1. The smallest absolute Gasteiger partial charge is 0.242 e. The van der Waals surface area contributed by atoms with E-state index in [9.17, 15) is 9.59 Å². The van der Waals surface area contributed by atoms with Crippen molar-refractivity contribution < 1.29 is 9.59 Å². The van der Waals surface area contributed by atoms with Crippen LogP contribution in [0.2, 0.25) is 0 Å². The summed E-state index contributed by atoms with van der Waals surface area (Å²) in [5, 5.41) is 6.14. The number of carbonyl (C=O) groups is 2. The molecule has 0 radical (unpaired) electrons. The summed E-state index contributed by atoms with van der Waals surface area (Å²) in [7, 11) is 0. The van der Waals surface area contributed by atoms with Crippen LogP contribution in [0.3, 0.4) is 0 Å². The van der Waals surface area contributed by atoms with Crippen LogP contribution in [-0.2, 0) is 9.59 Å². The first-order valence-corrected chi connectivity index (χ1v) is 10.6. The SMILES string of the molecule is CCCCCCCCCCCCNC(=O)C1CCN1C(=O)C1CCN1. The van der Waals surface area contributed by atoms with Crippen LogP contribution < -0.4 is 10.6 Å². The third kappa shape index (κ3) is 6.61. The molecule has 25 heavy (non-hydrogen) atoms. The van der Waals surface area contributed by atoms with Gasteiger partial charge in [-0.1, -0.05) is 64.7 Å². The Kier molecular flexibility index (Phi) is 9.30. The van der Waals surface area contributed by atoms with E-state index in [0.717, 1.165) is 38.9 Å². The van der Waals surface area contributed by atoms with Gasteiger partial charge in [-0.2, -0.15) is 0 Å². The summed E-state index contributed by atoms with van der Waals surface area (Å²) >= 11 is 0. The highest BCUT2D eigenvalue weighted by Crippen LogP contribution is 2.21. The van der Waals surface area contributed by atoms with Gasteiger partial charge in [0.05, 0.1) is 6.04 Å². The minimum Gasteiger partial charge on any atom is -0.354 e. The number of amides is 2. The van der Waals surface area contributed by atoms with Crippen LogP contribution in [0.15, 0.2) is 0 Å². The van der Waals surface area contributed by atoms with E-state index in [0.29, 0.717) is 0 Å². The van der Waals surface area contributed by atoms with Crippen molar-refractivity contribution in [2.45, 2.75) is 96.1 Å². The van der Waals surface area contributed by atoms with Crippen LogP contribution in [0.25, 0.3) is 0 Å². The Balaban J connectivity index is 1.43. The number of likely N-dealkylation sites (tertiary alicyclic amines) is 1. The van der Waals surface area contributed by atoms with Gasteiger partial charge in [0.2, 0.25) is 11.8 Å². The van der Waals surface area contributed by atoms with Crippen LogP contribution in [0.1, 0.15) is 84.0 Å². The second kappa shape index (κ2) is 11.5. The van der Waals surface area contributed by atoms with Gasteiger partial charge in [0.25, 0.3) is 0 Å². The van der Waals surface area contributed by atoms with Gasteiger partial charge in [-0.05, 0) is 25.8 Å². The molecule has 5 heteroatoms. The lowest BCUT2D eigenvalue weighted by Gasteiger charge is -2.43. The molecule has 2 aliphatic heterocycles. The largest absolute Gasteiger partial charge is 0.354 e. The number of hydrogen-bond donors (Lipinski definition) is 2. The summed E-state index contributed by atoms with van der Waals surface area (Å²) in [6, 6.07) is -0.268. The quantitative estimate of drug-likeness (QED) is 0.502. The number of nitrogens with one attached hydrogen (secondary N) is 2. The lowest BCUT2D eigenvalue weighted by Crippen LogP contribution is -2.64. The summed E-state index contributed by atoms with van der Waals surface area (Å²) < 4.78 is 0. The van der Waals surface area contributed by atoms with Crippen LogP contribution >= 0.6 is 0 Å². The third-order valence-electron chi connectivity index (χ3n) is 5.56. The molecule has 2 fully saturated rings. The molecule has 2 rings (SSSR count). The first kappa shape index (κ1) is 20.2. The van der Waals surface area contributed by atoms with Crippen molar-refractivity contribution in [2.24, 2.45) is 0 Å². The van der Waals surface area contributed by atoms with Crippen molar-refractivity contribution in [2.75, 3.05) is 19.6 Å². The van der Waals surface area contributed by atoms with E-state index in [4.69, 9.17) is 0 Å². The number of carbonyl (C=O) groups excluding carboxylic acids is 2. The van der Waals surface area contributed by atoms with Gasteiger partial charge in [-0.25, -0.2) is 0 Å². The topological polar surface area (TPSA) is 61.4 Å². The molecule has 2 N–H and O–H groups in total. The van der Waals surface area contributed by atoms with E-state index >= 15 is 0 Å². The lowest BCUT2D eigenvalue weighted by atomic mass is 9.97. The normalized spacial score (nSPS) is 22.2. The van der Waals surface area contributed by atoms with Gasteiger partial charge in [-0.15, -0.1) is 0 Å². The van der Waals surface area contributed by atoms with Gasteiger partial charge in [-0.3, -0.25) is 9.59 Å². The zero-order chi connectivity index (χ0) is 17.9. The fourth-order valence-corrected chi connectivity index (χ4v) is 3.57. The van der Waals surface area contributed by atoms with E-state index in [1.807, 2.05) is 0 Å². The lowest BCUT2D eigenvalue weighted by molar-refractivity contribution is -0.150. The minimum absolute atomic E-state index is 0.0369. The molecule has 2 atom stereocenters. The first-order chi connectivity index (χ1) is 12.2. The zero-order valence-electron chi connectivity index (χ0n) is 16.0. The molecule has 2 amide bonds. The fourth-order valence-electron chi connectivity index (χ4n) is 3.57. The van der Waals surface area contributed by atoms with Crippen molar-refractivity contribution in [3.63, 3.8) is 0 Å². The molecule has 0 spiro atoms. The van der Waals surface area contributed by atoms with Crippen molar-refractivity contribution in [1.29, 1.82) is 0 Å².